The van der Waals surface area contributed by atoms with Gasteiger partial charge in [0.1, 0.15) is 5.82 Å². The molecule has 1 aromatic heterocycles. The highest BCUT2D eigenvalue weighted by Gasteiger charge is 2.17. The molecule has 3 nitrogen and oxygen atoms in total. The third-order valence-corrected chi connectivity index (χ3v) is 4.99. The van der Waals surface area contributed by atoms with Gasteiger partial charge in [-0.15, -0.1) is 11.8 Å². The molecule has 0 aliphatic heterocycles. The minimum Gasteiger partial charge on any atom is -0.294 e. The molecule has 1 heterocycles. The Morgan fingerprint density at radius 3 is 2.86 bits per heavy atom. The van der Waals surface area contributed by atoms with Crippen LogP contribution in [0.2, 0.25) is 5.02 Å². The summed E-state index contributed by atoms with van der Waals surface area (Å²) in [5, 5.41) is 0.743. The topological polar surface area (TPSA) is 42.9 Å². The molecule has 0 unspecified atom stereocenters. The van der Waals surface area contributed by atoms with Crippen molar-refractivity contribution in [1.82, 2.24) is 9.97 Å². The number of aromatic nitrogens is 2. The normalized spacial score (nSPS) is 14.6. The summed E-state index contributed by atoms with van der Waals surface area (Å²) in [4.78, 5) is 21.9. The molecular formula is C16H15ClN2OS. The second kappa shape index (κ2) is 6.58. The minimum absolute atomic E-state index is 0.174. The summed E-state index contributed by atoms with van der Waals surface area (Å²) in [6.07, 6.45) is 5.14. The number of carbonyl (C=O) groups excluding carboxylic acids is 1. The van der Waals surface area contributed by atoms with Crippen molar-refractivity contribution in [3.63, 3.8) is 0 Å². The van der Waals surface area contributed by atoms with Gasteiger partial charge < -0.3 is 0 Å². The Hall–Kier alpha value is -1.39. The van der Waals surface area contributed by atoms with E-state index in [4.69, 9.17) is 11.6 Å². The number of nitrogens with zero attached hydrogens (tertiary/aromatic N) is 2. The molecule has 0 saturated carbocycles. The van der Waals surface area contributed by atoms with Gasteiger partial charge in [-0.1, -0.05) is 23.7 Å². The van der Waals surface area contributed by atoms with Crippen molar-refractivity contribution in [3.05, 3.63) is 52.6 Å². The lowest BCUT2D eigenvalue weighted by atomic mass is 10.1. The fourth-order valence-corrected chi connectivity index (χ4v) is 3.47. The van der Waals surface area contributed by atoms with Gasteiger partial charge in [-0.25, -0.2) is 9.97 Å². The molecule has 0 bridgehead atoms. The third-order valence-electron chi connectivity index (χ3n) is 3.48. The first-order valence-electron chi connectivity index (χ1n) is 6.99. The quantitative estimate of drug-likeness (QED) is 0.624. The van der Waals surface area contributed by atoms with Gasteiger partial charge in [-0.3, -0.25) is 4.79 Å². The van der Waals surface area contributed by atoms with E-state index in [1.54, 1.807) is 18.0 Å². The Kier molecular flexibility index (Phi) is 4.56. The summed E-state index contributed by atoms with van der Waals surface area (Å²) in [6.45, 7) is 0. The average Bonchev–Trinajstić information content (AvgIpc) is 2.68. The van der Waals surface area contributed by atoms with E-state index in [9.17, 15) is 4.79 Å². The number of fused-ring (bicyclic) bond motifs is 1. The third kappa shape index (κ3) is 3.44. The molecule has 0 amide bonds. The number of aryl methyl sites for hydroxylation is 1. The van der Waals surface area contributed by atoms with Crippen molar-refractivity contribution in [2.24, 2.45) is 0 Å². The predicted octanol–water partition coefficient (Wildman–Crippen LogP) is 4.33. The molecule has 0 radical (unpaired) electrons. The molecule has 108 valence electrons. The number of thioether (sulfide) groups is 1. The van der Waals surface area contributed by atoms with Crippen molar-refractivity contribution < 1.29 is 4.79 Å². The number of hydrogen-bond donors (Lipinski definition) is 0. The van der Waals surface area contributed by atoms with E-state index in [0.717, 1.165) is 40.7 Å². The highest BCUT2D eigenvalue weighted by molar-refractivity contribution is 7.98. The lowest BCUT2D eigenvalue weighted by Crippen LogP contribution is -2.06. The number of ketones is 1. The molecule has 0 saturated heterocycles. The van der Waals surface area contributed by atoms with Crippen LogP contribution in [0.5, 0.6) is 0 Å². The van der Waals surface area contributed by atoms with Gasteiger partial charge in [0.2, 0.25) is 0 Å². The Morgan fingerprint density at radius 2 is 2.00 bits per heavy atom. The maximum atomic E-state index is 11.9. The minimum atomic E-state index is 0.174. The zero-order valence-electron chi connectivity index (χ0n) is 11.5. The smallest absolute Gasteiger partial charge is 0.166 e. The summed E-state index contributed by atoms with van der Waals surface area (Å²) >= 11 is 7.76. The fourth-order valence-electron chi connectivity index (χ4n) is 2.37. The van der Waals surface area contributed by atoms with E-state index in [-0.39, 0.29) is 5.78 Å². The van der Waals surface area contributed by atoms with E-state index in [1.165, 1.54) is 0 Å². The fraction of sp³-hybridized carbons (Fsp3) is 0.312. The second-order valence-corrected chi connectivity index (χ2v) is 6.42. The van der Waals surface area contributed by atoms with Gasteiger partial charge in [0.05, 0.1) is 22.0 Å². The Labute approximate surface area is 133 Å². The van der Waals surface area contributed by atoms with Crippen molar-refractivity contribution in [1.29, 1.82) is 0 Å². The van der Waals surface area contributed by atoms with Crippen LogP contribution in [0.15, 0.2) is 35.4 Å². The van der Waals surface area contributed by atoms with Crippen molar-refractivity contribution in [2.75, 3.05) is 0 Å². The van der Waals surface area contributed by atoms with E-state index in [2.05, 4.69) is 9.97 Å². The van der Waals surface area contributed by atoms with Gasteiger partial charge in [-0.2, -0.15) is 0 Å². The molecular weight excluding hydrogens is 304 g/mol. The van der Waals surface area contributed by atoms with Crippen LogP contribution in [-0.4, -0.2) is 15.8 Å². The molecule has 1 aromatic carbocycles. The molecule has 0 atom stereocenters. The van der Waals surface area contributed by atoms with Crippen LogP contribution in [-0.2, 0) is 12.2 Å². The molecule has 0 N–H and O–H groups in total. The Balaban J connectivity index is 1.77. The summed E-state index contributed by atoms with van der Waals surface area (Å²) in [7, 11) is 0. The van der Waals surface area contributed by atoms with Crippen molar-refractivity contribution in [3.8, 4) is 0 Å². The summed E-state index contributed by atoms with van der Waals surface area (Å²) < 4.78 is 0. The highest BCUT2D eigenvalue weighted by atomic mass is 35.5. The van der Waals surface area contributed by atoms with Crippen molar-refractivity contribution in [2.45, 2.75) is 36.3 Å². The van der Waals surface area contributed by atoms with Crippen molar-refractivity contribution >= 4 is 29.1 Å². The molecule has 2 aromatic rings. The van der Waals surface area contributed by atoms with Gasteiger partial charge in [-0.05, 0) is 31.4 Å². The Morgan fingerprint density at radius 1 is 1.19 bits per heavy atom. The summed E-state index contributed by atoms with van der Waals surface area (Å²) in [5.41, 5.74) is 1.61. The van der Waals surface area contributed by atoms with Gasteiger partial charge in [0.15, 0.2) is 5.78 Å². The van der Waals surface area contributed by atoms with Crippen LogP contribution >= 0.6 is 23.4 Å². The molecule has 5 heteroatoms. The van der Waals surface area contributed by atoms with E-state index in [0.29, 0.717) is 17.7 Å². The van der Waals surface area contributed by atoms with Gasteiger partial charge in [0, 0.05) is 17.5 Å². The maximum absolute atomic E-state index is 11.9. The zero-order valence-corrected chi connectivity index (χ0v) is 13.1. The van der Waals surface area contributed by atoms with Crippen LogP contribution < -0.4 is 0 Å². The molecule has 3 rings (SSSR count). The number of halogens is 1. The van der Waals surface area contributed by atoms with E-state index < -0.39 is 0 Å². The van der Waals surface area contributed by atoms with Crippen LogP contribution in [0.25, 0.3) is 0 Å². The Bertz CT molecular complexity index is 675. The monoisotopic (exact) mass is 318 g/mol. The maximum Gasteiger partial charge on any atom is 0.166 e. The van der Waals surface area contributed by atoms with Gasteiger partial charge >= 0.3 is 0 Å². The summed E-state index contributed by atoms with van der Waals surface area (Å²) in [6, 6.07) is 7.74. The standard InChI is InChI=1S/C16H15ClN2OS/c17-12-5-1-4-8-15(12)21-10-16-18-9-11-13(19-16)6-2-3-7-14(11)20/h1,4-5,8-9H,2-3,6-7,10H2. The largest absolute Gasteiger partial charge is 0.294 e. The average molecular weight is 319 g/mol. The van der Waals surface area contributed by atoms with E-state index >= 15 is 0 Å². The number of benzene rings is 1. The molecule has 0 fully saturated rings. The molecule has 1 aliphatic carbocycles. The zero-order chi connectivity index (χ0) is 14.7. The molecule has 21 heavy (non-hydrogen) atoms. The van der Waals surface area contributed by atoms with E-state index in [1.807, 2.05) is 24.3 Å². The number of carbonyl (C=O) groups is 1. The van der Waals surface area contributed by atoms with Crippen LogP contribution in [0.3, 0.4) is 0 Å². The van der Waals surface area contributed by atoms with Gasteiger partial charge in [0.25, 0.3) is 0 Å². The van der Waals surface area contributed by atoms with Crippen LogP contribution in [0, 0.1) is 0 Å². The predicted molar refractivity (Wildman–Crippen MR) is 84.9 cm³/mol. The summed E-state index contributed by atoms with van der Waals surface area (Å²) in [5.74, 6) is 1.59. The van der Waals surface area contributed by atoms with Crippen LogP contribution in [0.1, 0.15) is 41.1 Å². The first-order chi connectivity index (χ1) is 10.2. The first-order valence-corrected chi connectivity index (χ1v) is 8.36. The lowest BCUT2D eigenvalue weighted by molar-refractivity contribution is 0.0981. The number of Topliss-reactive ketones (excluding diaryl/α,β-unsaturated/α-hetero) is 1. The highest BCUT2D eigenvalue weighted by Crippen LogP contribution is 2.29. The lowest BCUT2D eigenvalue weighted by Gasteiger charge is -2.07. The first kappa shape index (κ1) is 14.5. The second-order valence-electron chi connectivity index (χ2n) is 5.00. The SMILES string of the molecule is O=C1CCCCc2nc(CSc3ccccc3Cl)ncc21. The van der Waals surface area contributed by atoms with Crippen LogP contribution in [0.4, 0.5) is 0 Å². The number of rotatable bonds is 3. The molecule has 1 aliphatic rings. The number of hydrogen-bond acceptors (Lipinski definition) is 4. The molecule has 0 spiro atoms.